The fraction of sp³-hybridized carbons (Fsp3) is 0.455. The molecule has 156 valence electrons. The number of ether oxygens (including phenoxy) is 1. The van der Waals surface area contributed by atoms with Gasteiger partial charge in [-0.2, -0.15) is 4.98 Å². The summed E-state index contributed by atoms with van der Waals surface area (Å²) in [4.78, 5) is 30.7. The number of anilines is 1. The molecule has 0 saturated carbocycles. The van der Waals surface area contributed by atoms with Gasteiger partial charge >= 0.3 is 0 Å². The summed E-state index contributed by atoms with van der Waals surface area (Å²) < 4.78 is 6.93. The van der Waals surface area contributed by atoms with Crippen molar-refractivity contribution < 1.29 is 9.53 Å². The number of ketones is 1. The molecule has 0 amide bonds. The van der Waals surface area contributed by atoms with Gasteiger partial charge in [0.05, 0.1) is 6.04 Å². The Morgan fingerprint density at radius 2 is 2.07 bits per heavy atom. The van der Waals surface area contributed by atoms with Gasteiger partial charge in [-0.25, -0.2) is 9.97 Å². The first-order valence-electron chi connectivity index (χ1n) is 10.5. The van der Waals surface area contributed by atoms with Gasteiger partial charge in [0.25, 0.3) is 0 Å². The number of thiazole rings is 1. The second-order valence-electron chi connectivity index (χ2n) is 8.09. The molecule has 5 rings (SSSR count). The molecule has 2 aliphatic rings. The van der Waals surface area contributed by atoms with Gasteiger partial charge in [0.2, 0.25) is 5.88 Å². The molecule has 0 bridgehead atoms. The van der Waals surface area contributed by atoms with Gasteiger partial charge in [0.1, 0.15) is 17.1 Å². The van der Waals surface area contributed by atoms with Crippen molar-refractivity contribution in [3.05, 3.63) is 42.2 Å². The van der Waals surface area contributed by atoms with Crippen LogP contribution in [0.3, 0.4) is 0 Å². The fourth-order valence-electron chi connectivity index (χ4n) is 4.21. The van der Waals surface area contributed by atoms with Gasteiger partial charge in [0.15, 0.2) is 16.6 Å². The highest BCUT2D eigenvalue weighted by Crippen LogP contribution is 2.37. The largest absolute Gasteiger partial charge is 0.470 e. The average Bonchev–Trinajstić information content (AvgIpc) is 3.39. The van der Waals surface area contributed by atoms with E-state index in [9.17, 15) is 4.79 Å². The Kier molecular flexibility index (Phi) is 5.35. The van der Waals surface area contributed by atoms with Crippen LogP contribution in [0.2, 0.25) is 0 Å². The summed E-state index contributed by atoms with van der Waals surface area (Å²) >= 11 is 1.53. The van der Waals surface area contributed by atoms with Crippen LogP contribution < -0.4 is 9.64 Å². The Balaban J connectivity index is 1.31. The summed E-state index contributed by atoms with van der Waals surface area (Å²) in [7, 11) is 2.07. The smallest absolute Gasteiger partial charge is 0.237 e. The predicted molar refractivity (Wildman–Crippen MR) is 117 cm³/mol. The number of benzene rings is 1. The highest BCUT2D eigenvalue weighted by atomic mass is 32.1. The SMILES string of the molecule is CN1CC(Oc2ncnc3nc(N4CCC[C@@H]4C(=O)CCc4ccccc4)sc23)C1. The first kappa shape index (κ1) is 19.4. The number of Topliss-reactive ketones (excluding diaryl/α,β-unsaturated/α-hetero) is 1. The molecule has 2 aromatic heterocycles. The molecular formula is C22H25N5O2S. The third kappa shape index (κ3) is 3.89. The van der Waals surface area contributed by atoms with Gasteiger partial charge < -0.3 is 9.64 Å². The van der Waals surface area contributed by atoms with Crippen molar-refractivity contribution in [2.45, 2.75) is 37.8 Å². The summed E-state index contributed by atoms with van der Waals surface area (Å²) in [6.45, 7) is 2.65. The molecule has 2 fully saturated rings. The second-order valence-corrected chi connectivity index (χ2v) is 9.07. The molecule has 4 heterocycles. The van der Waals surface area contributed by atoms with E-state index in [0.717, 1.165) is 48.7 Å². The Morgan fingerprint density at radius 3 is 2.87 bits per heavy atom. The number of nitrogens with zero attached hydrogens (tertiary/aromatic N) is 5. The lowest BCUT2D eigenvalue weighted by molar-refractivity contribution is -0.120. The van der Waals surface area contributed by atoms with E-state index >= 15 is 0 Å². The molecule has 8 heteroatoms. The van der Waals surface area contributed by atoms with Crippen LogP contribution in [0.15, 0.2) is 36.7 Å². The maximum Gasteiger partial charge on any atom is 0.237 e. The molecular weight excluding hydrogens is 398 g/mol. The number of hydrogen-bond acceptors (Lipinski definition) is 8. The molecule has 1 atom stereocenters. The van der Waals surface area contributed by atoms with E-state index in [1.807, 2.05) is 18.2 Å². The lowest BCUT2D eigenvalue weighted by atomic mass is 10.0. The third-order valence-corrected chi connectivity index (χ3v) is 6.90. The standard InChI is InChI=1S/C22H25N5O2S/c1-26-12-16(13-26)29-21-19-20(23-14-24-21)25-22(30-19)27-11-5-8-17(27)18(28)10-9-15-6-3-2-4-7-15/h2-4,6-7,14,16-17H,5,8-13H2,1H3/t17-/m1/s1. The number of aryl methyl sites for hydroxylation is 1. The summed E-state index contributed by atoms with van der Waals surface area (Å²) in [5.74, 6) is 0.892. The normalized spacial score (nSPS) is 19.9. The highest BCUT2D eigenvalue weighted by Gasteiger charge is 2.33. The van der Waals surface area contributed by atoms with Crippen molar-refractivity contribution in [2.75, 3.05) is 31.6 Å². The van der Waals surface area contributed by atoms with E-state index in [4.69, 9.17) is 9.72 Å². The van der Waals surface area contributed by atoms with E-state index in [-0.39, 0.29) is 17.9 Å². The zero-order chi connectivity index (χ0) is 20.5. The summed E-state index contributed by atoms with van der Waals surface area (Å²) in [5, 5.41) is 0.844. The van der Waals surface area contributed by atoms with Crippen LogP contribution in [0.4, 0.5) is 5.13 Å². The van der Waals surface area contributed by atoms with Crippen LogP contribution in [-0.4, -0.2) is 64.5 Å². The van der Waals surface area contributed by atoms with Crippen LogP contribution in [0.25, 0.3) is 10.3 Å². The van der Waals surface area contributed by atoms with Crippen LogP contribution in [0, 0.1) is 0 Å². The molecule has 0 radical (unpaired) electrons. The van der Waals surface area contributed by atoms with E-state index in [2.05, 4.69) is 38.9 Å². The van der Waals surface area contributed by atoms with Crippen molar-refractivity contribution in [3.8, 4) is 5.88 Å². The Bertz CT molecular complexity index is 1030. The maximum absolute atomic E-state index is 13.0. The molecule has 2 aliphatic heterocycles. The summed E-state index contributed by atoms with van der Waals surface area (Å²) in [5.41, 5.74) is 1.85. The first-order valence-corrected chi connectivity index (χ1v) is 11.3. The van der Waals surface area contributed by atoms with Crippen molar-refractivity contribution in [1.29, 1.82) is 0 Å². The minimum Gasteiger partial charge on any atom is -0.470 e. The molecule has 0 unspecified atom stereocenters. The molecule has 1 aromatic carbocycles. The quantitative estimate of drug-likeness (QED) is 0.579. The topological polar surface area (TPSA) is 71.5 Å². The van der Waals surface area contributed by atoms with Gasteiger partial charge in [-0.3, -0.25) is 9.69 Å². The number of carbonyl (C=O) groups is 1. The van der Waals surface area contributed by atoms with Crippen LogP contribution >= 0.6 is 11.3 Å². The Hall–Kier alpha value is -2.58. The predicted octanol–water partition coefficient (Wildman–Crippen LogP) is 2.95. The number of carbonyl (C=O) groups excluding carboxylic acids is 1. The van der Waals surface area contributed by atoms with Crippen LogP contribution in [0.1, 0.15) is 24.8 Å². The summed E-state index contributed by atoms with van der Waals surface area (Å²) in [6.07, 6.45) is 4.89. The van der Waals surface area contributed by atoms with E-state index in [1.165, 1.54) is 23.2 Å². The van der Waals surface area contributed by atoms with Gasteiger partial charge in [-0.15, -0.1) is 0 Å². The van der Waals surface area contributed by atoms with E-state index in [0.29, 0.717) is 17.9 Å². The molecule has 0 aliphatic carbocycles. The first-order chi connectivity index (χ1) is 14.7. The van der Waals surface area contributed by atoms with E-state index < -0.39 is 0 Å². The second kappa shape index (κ2) is 8.28. The average molecular weight is 424 g/mol. The number of rotatable bonds is 7. The molecule has 3 aromatic rings. The minimum atomic E-state index is -0.105. The lowest BCUT2D eigenvalue weighted by Crippen LogP contribution is -2.51. The third-order valence-electron chi connectivity index (χ3n) is 5.83. The van der Waals surface area contributed by atoms with Crippen molar-refractivity contribution in [1.82, 2.24) is 19.9 Å². The zero-order valence-corrected chi connectivity index (χ0v) is 17.8. The van der Waals surface area contributed by atoms with Crippen molar-refractivity contribution in [3.63, 3.8) is 0 Å². The minimum absolute atomic E-state index is 0.105. The molecule has 30 heavy (non-hydrogen) atoms. The van der Waals surface area contributed by atoms with Crippen LogP contribution in [-0.2, 0) is 11.2 Å². The van der Waals surface area contributed by atoms with Crippen molar-refractivity contribution >= 4 is 32.6 Å². The number of aromatic nitrogens is 3. The summed E-state index contributed by atoms with van der Waals surface area (Å²) in [6, 6.07) is 10.1. The molecule has 0 spiro atoms. The van der Waals surface area contributed by atoms with Gasteiger partial charge in [-0.05, 0) is 31.9 Å². The van der Waals surface area contributed by atoms with Gasteiger partial charge in [-0.1, -0.05) is 41.7 Å². The van der Waals surface area contributed by atoms with Gasteiger partial charge in [0, 0.05) is 26.1 Å². The zero-order valence-electron chi connectivity index (χ0n) is 17.0. The number of likely N-dealkylation sites (tertiary alicyclic amines) is 1. The number of fused-ring (bicyclic) bond motifs is 1. The fourth-order valence-corrected chi connectivity index (χ4v) is 5.24. The number of likely N-dealkylation sites (N-methyl/N-ethyl adjacent to an activating group) is 1. The molecule has 7 nitrogen and oxygen atoms in total. The maximum atomic E-state index is 13.0. The highest BCUT2D eigenvalue weighted by molar-refractivity contribution is 7.22. The Labute approximate surface area is 179 Å². The number of hydrogen-bond donors (Lipinski definition) is 0. The van der Waals surface area contributed by atoms with Crippen molar-refractivity contribution in [2.24, 2.45) is 0 Å². The molecule has 2 saturated heterocycles. The molecule has 0 N–H and O–H groups in total. The van der Waals surface area contributed by atoms with Crippen LogP contribution in [0.5, 0.6) is 5.88 Å². The Morgan fingerprint density at radius 1 is 1.23 bits per heavy atom. The monoisotopic (exact) mass is 423 g/mol. The van der Waals surface area contributed by atoms with E-state index in [1.54, 1.807) is 0 Å². The lowest BCUT2D eigenvalue weighted by Gasteiger charge is -2.35.